The topological polar surface area (TPSA) is 30.5 Å². The van der Waals surface area contributed by atoms with Crippen molar-refractivity contribution in [3.63, 3.8) is 0 Å². The molecule has 20 heavy (non-hydrogen) atoms. The van der Waals surface area contributed by atoms with Crippen molar-refractivity contribution in [1.29, 1.82) is 0 Å². The van der Waals surface area contributed by atoms with E-state index in [1.54, 1.807) is 14.2 Å². The van der Waals surface area contributed by atoms with E-state index in [0.717, 1.165) is 28.4 Å². The van der Waals surface area contributed by atoms with Crippen LogP contribution in [0.1, 0.15) is 38.2 Å². The van der Waals surface area contributed by atoms with Crippen LogP contribution in [0, 0.1) is 5.92 Å². The zero-order valence-corrected chi connectivity index (χ0v) is 14.1. The molecule has 0 spiro atoms. The Balaban J connectivity index is 2.05. The maximum atomic E-state index is 5.37. The van der Waals surface area contributed by atoms with Gasteiger partial charge < -0.3 is 14.8 Å². The van der Waals surface area contributed by atoms with E-state index in [1.165, 1.54) is 31.2 Å². The Hall–Kier alpha value is -0.740. The quantitative estimate of drug-likeness (QED) is 0.873. The number of ether oxygens (including phenoxy) is 2. The fourth-order valence-electron chi connectivity index (χ4n) is 2.89. The lowest BCUT2D eigenvalue weighted by molar-refractivity contribution is 0.279. The van der Waals surface area contributed by atoms with Gasteiger partial charge in [0.05, 0.1) is 14.2 Å². The Morgan fingerprint density at radius 3 is 2.45 bits per heavy atom. The van der Waals surface area contributed by atoms with Gasteiger partial charge in [-0.2, -0.15) is 0 Å². The molecule has 1 N–H and O–H groups in total. The maximum absolute atomic E-state index is 5.37. The average molecular weight is 342 g/mol. The molecule has 0 radical (unpaired) electrons. The monoisotopic (exact) mass is 341 g/mol. The number of benzene rings is 1. The van der Waals surface area contributed by atoms with E-state index in [2.05, 4.69) is 28.2 Å². The smallest absolute Gasteiger partial charge is 0.161 e. The van der Waals surface area contributed by atoms with Crippen molar-refractivity contribution in [2.45, 2.75) is 45.2 Å². The third-order valence-electron chi connectivity index (χ3n) is 4.22. The highest BCUT2D eigenvalue weighted by molar-refractivity contribution is 9.10. The molecule has 0 amide bonds. The number of hydrogen-bond donors (Lipinski definition) is 1. The first-order chi connectivity index (χ1) is 9.65. The third-order valence-corrected chi connectivity index (χ3v) is 4.96. The molecule has 0 bridgehead atoms. The van der Waals surface area contributed by atoms with Crippen molar-refractivity contribution in [2.24, 2.45) is 5.92 Å². The molecule has 0 heterocycles. The molecular formula is C16H24BrNO2. The highest BCUT2D eigenvalue weighted by atomic mass is 79.9. The first kappa shape index (κ1) is 15.6. The molecule has 4 heteroatoms. The molecule has 0 aliphatic heterocycles. The molecule has 1 aromatic rings. The average Bonchev–Trinajstić information content (AvgIpc) is 2.47. The fraction of sp³-hybridized carbons (Fsp3) is 0.625. The molecule has 3 nitrogen and oxygen atoms in total. The van der Waals surface area contributed by atoms with E-state index in [9.17, 15) is 0 Å². The zero-order chi connectivity index (χ0) is 14.5. The van der Waals surface area contributed by atoms with E-state index in [0.29, 0.717) is 6.04 Å². The Morgan fingerprint density at radius 1 is 1.15 bits per heavy atom. The standard InChI is InChI=1S/C16H24BrNO2/c1-11-6-4-5-7-14(11)18-10-12-8-15(19-2)16(20-3)9-13(12)17/h8-9,11,14,18H,4-7,10H2,1-3H3/t11-,14+/m1/s1. The zero-order valence-electron chi connectivity index (χ0n) is 12.5. The van der Waals surface area contributed by atoms with Crippen LogP contribution in [-0.4, -0.2) is 20.3 Å². The van der Waals surface area contributed by atoms with Crippen molar-refractivity contribution in [3.8, 4) is 11.5 Å². The highest BCUT2D eigenvalue weighted by Crippen LogP contribution is 2.33. The number of nitrogens with one attached hydrogen (secondary N) is 1. The van der Waals surface area contributed by atoms with Crippen LogP contribution >= 0.6 is 15.9 Å². The molecule has 0 aromatic heterocycles. The molecule has 2 atom stereocenters. The summed E-state index contributed by atoms with van der Waals surface area (Å²) in [7, 11) is 3.33. The van der Waals surface area contributed by atoms with Crippen molar-refractivity contribution in [2.75, 3.05) is 14.2 Å². The van der Waals surface area contributed by atoms with Crippen LogP contribution < -0.4 is 14.8 Å². The Kier molecular flexibility index (Phi) is 5.73. The van der Waals surface area contributed by atoms with Crippen LogP contribution in [0.3, 0.4) is 0 Å². The van der Waals surface area contributed by atoms with Gasteiger partial charge in [0.2, 0.25) is 0 Å². The lowest BCUT2D eigenvalue weighted by atomic mass is 9.86. The lowest BCUT2D eigenvalue weighted by Crippen LogP contribution is -2.36. The molecule has 1 aliphatic rings. The van der Waals surface area contributed by atoms with Crippen molar-refractivity contribution >= 4 is 15.9 Å². The Morgan fingerprint density at radius 2 is 1.80 bits per heavy atom. The van der Waals surface area contributed by atoms with Crippen molar-refractivity contribution in [1.82, 2.24) is 5.32 Å². The van der Waals surface area contributed by atoms with E-state index in [-0.39, 0.29) is 0 Å². The van der Waals surface area contributed by atoms with Gasteiger partial charge in [-0.25, -0.2) is 0 Å². The van der Waals surface area contributed by atoms with Gasteiger partial charge in [-0.15, -0.1) is 0 Å². The maximum Gasteiger partial charge on any atom is 0.161 e. The second kappa shape index (κ2) is 7.32. The van der Waals surface area contributed by atoms with Gasteiger partial charge in [-0.3, -0.25) is 0 Å². The molecule has 112 valence electrons. The van der Waals surface area contributed by atoms with Gasteiger partial charge in [0.15, 0.2) is 11.5 Å². The summed E-state index contributed by atoms with van der Waals surface area (Å²) >= 11 is 3.62. The van der Waals surface area contributed by atoms with Crippen LogP contribution in [0.4, 0.5) is 0 Å². The van der Waals surface area contributed by atoms with Crippen LogP contribution in [0.15, 0.2) is 16.6 Å². The van der Waals surface area contributed by atoms with Gasteiger partial charge in [0.1, 0.15) is 0 Å². The number of rotatable bonds is 5. The predicted molar refractivity (Wildman–Crippen MR) is 85.5 cm³/mol. The Bertz CT molecular complexity index is 450. The van der Waals surface area contributed by atoms with Crippen LogP contribution in [-0.2, 0) is 6.54 Å². The van der Waals surface area contributed by atoms with Crippen LogP contribution in [0.5, 0.6) is 11.5 Å². The summed E-state index contributed by atoms with van der Waals surface area (Å²) in [5, 5.41) is 3.69. The van der Waals surface area contributed by atoms with E-state index >= 15 is 0 Å². The van der Waals surface area contributed by atoms with Gasteiger partial charge >= 0.3 is 0 Å². The summed E-state index contributed by atoms with van der Waals surface area (Å²) in [4.78, 5) is 0. The second-order valence-electron chi connectivity index (χ2n) is 5.55. The molecule has 1 aliphatic carbocycles. The molecule has 1 fully saturated rings. The van der Waals surface area contributed by atoms with Crippen LogP contribution in [0.2, 0.25) is 0 Å². The van der Waals surface area contributed by atoms with Gasteiger partial charge in [0, 0.05) is 17.1 Å². The second-order valence-corrected chi connectivity index (χ2v) is 6.40. The summed E-state index contributed by atoms with van der Waals surface area (Å²) in [6, 6.07) is 4.65. The van der Waals surface area contributed by atoms with E-state index in [1.807, 2.05) is 12.1 Å². The van der Waals surface area contributed by atoms with Gasteiger partial charge in [0.25, 0.3) is 0 Å². The molecule has 1 saturated carbocycles. The minimum Gasteiger partial charge on any atom is -0.493 e. The number of methoxy groups -OCH3 is 2. The number of halogens is 1. The summed E-state index contributed by atoms with van der Waals surface area (Å²) in [6.45, 7) is 3.20. The highest BCUT2D eigenvalue weighted by Gasteiger charge is 2.21. The molecule has 0 saturated heterocycles. The van der Waals surface area contributed by atoms with E-state index in [4.69, 9.17) is 9.47 Å². The van der Waals surface area contributed by atoms with Crippen LogP contribution in [0.25, 0.3) is 0 Å². The fourth-order valence-corrected chi connectivity index (χ4v) is 3.35. The molecular weight excluding hydrogens is 318 g/mol. The van der Waals surface area contributed by atoms with Gasteiger partial charge in [-0.1, -0.05) is 35.7 Å². The summed E-state index contributed by atoms with van der Waals surface area (Å²) in [5.41, 5.74) is 1.21. The first-order valence-corrected chi connectivity index (χ1v) is 8.08. The van der Waals surface area contributed by atoms with Crippen molar-refractivity contribution < 1.29 is 9.47 Å². The Labute approximate surface area is 130 Å². The minimum absolute atomic E-state index is 0.628. The third kappa shape index (κ3) is 3.67. The van der Waals surface area contributed by atoms with Gasteiger partial charge in [-0.05, 0) is 36.5 Å². The normalized spacial score (nSPS) is 22.6. The largest absolute Gasteiger partial charge is 0.493 e. The minimum atomic E-state index is 0.628. The molecule has 1 aromatic carbocycles. The SMILES string of the molecule is COc1cc(Br)c(CN[C@H]2CCCC[C@H]2C)cc1OC. The predicted octanol–water partition coefficient (Wildman–Crippen LogP) is 4.13. The summed E-state index contributed by atoms with van der Waals surface area (Å²) < 4.78 is 11.7. The molecule has 2 rings (SSSR count). The summed E-state index contributed by atoms with van der Waals surface area (Å²) in [6.07, 6.45) is 5.34. The van der Waals surface area contributed by atoms with E-state index < -0.39 is 0 Å². The molecule has 0 unspecified atom stereocenters. The number of hydrogen-bond acceptors (Lipinski definition) is 3. The lowest BCUT2D eigenvalue weighted by Gasteiger charge is -2.30. The van der Waals surface area contributed by atoms with Crippen molar-refractivity contribution in [3.05, 3.63) is 22.2 Å². The summed E-state index contributed by atoms with van der Waals surface area (Å²) in [5.74, 6) is 2.31. The first-order valence-electron chi connectivity index (χ1n) is 7.29.